The molecule has 0 atom stereocenters. The molecule has 68 valence electrons. The summed E-state index contributed by atoms with van der Waals surface area (Å²) < 4.78 is 8.85. The summed E-state index contributed by atoms with van der Waals surface area (Å²) in [5.41, 5.74) is 0.185. The van der Waals surface area contributed by atoms with E-state index in [0.29, 0.717) is 0 Å². The van der Waals surface area contributed by atoms with Gasteiger partial charge in [-0.3, -0.25) is 0 Å². The molecule has 4 nitrogen and oxygen atoms in total. The van der Waals surface area contributed by atoms with Crippen molar-refractivity contribution in [1.82, 2.24) is 0 Å². The number of halogens is 1. The molecule has 12 heavy (non-hydrogen) atoms. The van der Waals surface area contributed by atoms with E-state index in [-0.39, 0.29) is 10.1 Å². The van der Waals surface area contributed by atoms with Gasteiger partial charge in [0.2, 0.25) is 0 Å². The van der Waals surface area contributed by atoms with Crippen LogP contribution in [0.4, 0.5) is 0 Å². The molecule has 0 spiro atoms. The van der Waals surface area contributed by atoms with Gasteiger partial charge in [0.05, 0.1) is 19.8 Å². The predicted molar refractivity (Wildman–Crippen MR) is 45.7 cm³/mol. The summed E-state index contributed by atoms with van der Waals surface area (Å²) in [6.45, 7) is 1.47. The molecule has 0 N–H and O–H groups in total. The molecule has 0 saturated heterocycles. The summed E-state index contributed by atoms with van der Waals surface area (Å²) in [5, 5.41) is 0. The van der Waals surface area contributed by atoms with Crippen molar-refractivity contribution in [1.29, 1.82) is 0 Å². The van der Waals surface area contributed by atoms with Crippen LogP contribution in [0, 0.1) is 0 Å². The maximum atomic E-state index is 10.9. The second-order valence-corrected chi connectivity index (χ2v) is 2.72. The molecule has 0 aliphatic heterocycles. The number of ether oxygens (including phenoxy) is 2. The molecule has 0 fully saturated rings. The molecule has 5 heteroatoms. The second kappa shape index (κ2) is 4.92. The summed E-state index contributed by atoms with van der Waals surface area (Å²) in [4.78, 5) is 21.7. The molecule has 0 heterocycles. The van der Waals surface area contributed by atoms with Crippen molar-refractivity contribution in [3.8, 4) is 0 Å². The first-order chi connectivity index (χ1) is 5.54. The summed E-state index contributed by atoms with van der Waals surface area (Å²) >= 11 is 2.91. The maximum Gasteiger partial charge on any atom is 0.345 e. The SMILES string of the molecule is COC(=O)/C(C)=C(\Br)C(=O)OC. The molecular weight excluding hydrogens is 228 g/mol. The lowest BCUT2D eigenvalue weighted by atomic mass is 10.3. The Kier molecular flexibility index (Phi) is 4.58. The van der Waals surface area contributed by atoms with E-state index in [1.54, 1.807) is 0 Å². The summed E-state index contributed by atoms with van der Waals surface area (Å²) in [5.74, 6) is -1.16. The molecule has 0 bridgehead atoms. The Labute approximate surface area is 78.7 Å². The first kappa shape index (κ1) is 11.2. The third kappa shape index (κ3) is 2.65. The topological polar surface area (TPSA) is 52.6 Å². The lowest BCUT2D eigenvalue weighted by Gasteiger charge is -2.01. The fourth-order valence-electron chi connectivity index (χ4n) is 0.485. The summed E-state index contributed by atoms with van der Waals surface area (Å²) in [6.07, 6.45) is 0. The van der Waals surface area contributed by atoms with Crippen molar-refractivity contribution in [3.63, 3.8) is 0 Å². The van der Waals surface area contributed by atoms with Gasteiger partial charge in [-0.05, 0) is 22.9 Å². The Morgan fingerprint density at radius 3 is 1.83 bits per heavy atom. The highest BCUT2D eigenvalue weighted by Crippen LogP contribution is 2.14. The largest absolute Gasteiger partial charge is 0.466 e. The highest BCUT2D eigenvalue weighted by atomic mass is 79.9. The van der Waals surface area contributed by atoms with Gasteiger partial charge in [-0.15, -0.1) is 0 Å². The minimum Gasteiger partial charge on any atom is -0.466 e. The molecule has 0 amide bonds. The first-order valence-corrected chi connectivity index (χ1v) is 3.86. The fraction of sp³-hybridized carbons (Fsp3) is 0.429. The monoisotopic (exact) mass is 236 g/mol. The van der Waals surface area contributed by atoms with Gasteiger partial charge >= 0.3 is 11.9 Å². The van der Waals surface area contributed by atoms with E-state index in [4.69, 9.17) is 0 Å². The van der Waals surface area contributed by atoms with Crippen LogP contribution < -0.4 is 0 Å². The Hall–Kier alpha value is -0.840. The molecule has 0 aromatic heterocycles. The lowest BCUT2D eigenvalue weighted by molar-refractivity contribution is -0.138. The Balaban J connectivity index is 4.68. The lowest BCUT2D eigenvalue weighted by Crippen LogP contribution is -2.09. The minimum absolute atomic E-state index is 0.0804. The van der Waals surface area contributed by atoms with E-state index < -0.39 is 11.9 Å². The molecule has 0 radical (unpaired) electrons. The van der Waals surface area contributed by atoms with Crippen molar-refractivity contribution >= 4 is 27.9 Å². The van der Waals surface area contributed by atoms with Crippen LogP contribution in [0.15, 0.2) is 10.1 Å². The van der Waals surface area contributed by atoms with Crippen molar-refractivity contribution in [2.75, 3.05) is 14.2 Å². The highest BCUT2D eigenvalue weighted by molar-refractivity contribution is 9.12. The van der Waals surface area contributed by atoms with Crippen molar-refractivity contribution < 1.29 is 19.1 Å². The van der Waals surface area contributed by atoms with Gasteiger partial charge in [-0.25, -0.2) is 9.59 Å². The highest BCUT2D eigenvalue weighted by Gasteiger charge is 2.15. The Morgan fingerprint density at radius 2 is 1.50 bits per heavy atom. The van der Waals surface area contributed by atoms with Crippen LogP contribution in [-0.2, 0) is 19.1 Å². The predicted octanol–water partition coefficient (Wildman–Crippen LogP) is 1.00. The van der Waals surface area contributed by atoms with Gasteiger partial charge in [0, 0.05) is 0 Å². The third-order valence-corrected chi connectivity index (χ3v) is 2.10. The smallest absolute Gasteiger partial charge is 0.345 e. The molecule has 0 aliphatic carbocycles. The number of hydrogen-bond donors (Lipinski definition) is 0. The number of methoxy groups -OCH3 is 2. The van der Waals surface area contributed by atoms with Gasteiger partial charge in [-0.2, -0.15) is 0 Å². The fourth-order valence-corrected chi connectivity index (χ4v) is 0.809. The van der Waals surface area contributed by atoms with Crippen LogP contribution in [0.1, 0.15) is 6.92 Å². The molecule has 0 unspecified atom stereocenters. The van der Waals surface area contributed by atoms with E-state index >= 15 is 0 Å². The zero-order chi connectivity index (χ0) is 9.72. The second-order valence-electron chi connectivity index (χ2n) is 1.92. The normalized spacial score (nSPS) is 11.7. The summed E-state index contributed by atoms with van der Waals surface area (Å²) in [6, 6.07) is 0. The molecule has 0 rings (SSSR count). The van der Waals surface area contributed by atoms with Crippen molar-refractivity contribution in [2.45, 2.75) is 6.92 Å². The van der Waals surface area contributed by atoms with Crippen LogP contribution in [-0.4, -0.2) is 26.2 Å². The van der Waals surface area contributed by atoms with E-state index in [1.165, 1.54) is 21.1 Å². The standard InChI is InChI=1S/C7H9BrO4/c1-4(6(9)11-2)5(8)7(10)12-3/h1-3H3/b5-4-. The first-order valence-electron chi connectivity index (χ1n) is 3.07. The summed E-state index contributed by atoms with van der Waals surface area (Å²) in [7, 11) is 2.47. The van der Waals surface area contributed by atoms with Crippen LogP contribution in [0.3, 0.4) is 0 Å². The van der Waals surface area contributed by atoms with E-state index in [2.05, 4.69) is 25.4 Å². The van der Waals surface area contributed by atoms with E-state index in [1.807, 2.05) is 0 Å². The molecule has 0 saturated carbocycles. The van der Waals surface area contributed by atoms with Gasteiger partial charge in [-0.1, -0.05) is 0 Å². The maximum absolute atomic E-state index is 10.9. The van der Waals surface area contributed by atoms with E-state index in [0.717, 1.165) is 0 Å². The zero-order valence-electron chi connectivity index (χ0n) is 7.01. The van der Waals surface area contributed by atoms with Crippen LogP contribution >= 0.6 is 15.9 Å². The van der Waals surface area contributed by atoms with Crippen LogP contribution in [0.25, 0.3) is 0 Å². The molecule has 0 aromatic carbocycles. The Bertz CT molecular complexity index is 208. The minimum atomic E-state index is -0.599. The van der Waals surface area contributed by atoms with Crippen LogP contribution in [0.2, 0.25) is 0 Å². The third-order valence-electron chi connectivity index (χ3n) is 1.19. The average molecular weight is 237 g/mol. The number of carbonyl (C=O) groups is 2. The molecule has 0 aliphatic rings. The average Bonchev–Trinajstić information content (AvgIpc) is 2.12. The van der Waals surface area contributed by atoms with Crippen molar-refractivity contribution in [3.05, 3.63) is 10.1 Å². The Morgan fingerprint density at radius 1 is 1.08 bits per heavy atom. The van der Waals surface area contributed by atoms with Gasteiger partial charge in [0.25, 0.3) is 0 Å². The van der Waals surface area contributed by atoms with Gasteiger partial charge < -0.3 is 9.47 Å². The van der Waals surface area contributed by atoms with Crippen molar-refractivity contribution in [2.24, 2.45) is 0 Å². The van der Waals surface area contributed by atoms with E-state index in [9.17, 15) is 9.59 Å². The number of rotatable bonds is 2. The quantitative estimate of drug-likeness (QED) is 0.531. The molecular formula is C7H9BrO4. The number of esters is 2. The van der Waals surface area contributed by atoms with Gasteiger partial charge in [0.15, 0.2) is 0 Å². The zero-order valence-corrected chi connectivity index (χ0v) is 8.60. The number of carbonyl (C=O) groups excluding carboxylic acids is 2. The number of hydrogen-bond acceptors (Lipinski definition) is 4. The van der Waals surface area contributed by atoms with Gasteiger partial charge in [0.1, 0.15) is 4.48 Å². The molecule has 0 aromatic rings. The van der Waals surface area contributed by atoms with Crippen LogP contribution in [0.5, 0.6) is 0 Å².